The minimum Gasteiger partial charge on any atom is -0.497 e. The number of methoxy groups -OCH3 is 1. The van der Waals surface area contributed by atoms with E-state index in [1.165, 1.54) is 25.7 Å². The highest BCUT2D eigenvalue weighted by molar-refractivity contribution is 7.89. The molecule has 1 unspecified atom stereocenters. The summed E-state index contributed by atoms with van der Waals surface area (Å²) in [6, 6.07) is 5.39. The van der Waals surface area contributed by atoms with Crippen LogP contribution in [0.2, 0.25) is 0 Å². The summed E-state index contributed by atoms with van der Waals surface area (Å²) in [7, 11) is -2.22. The summed E-state index contributed by atoms with van der Waals surface area (Å²) in [5.41, 5.74) is 0. The van der Waals surface area contributed by atoms with Crippen LogP contribution in [0.3, 0.4) is 0 Å². The van der Waals surface area contributed by atoms with Crippen LogP contribution in [-0.2, 0) is 14.8 Å². The summed E-state index contributed by atoms with van der Waals surface area (Å²) in [5.74, 6) is 0.293. The molecule has 6 nitrogen and oxygen atoms in total. The van der Waals surface area contributed by atoms with Gasteiger partial charge in [-0.2, -0.15) is 4.72 Å². The van der Waals surface area contributed by atoms with Crippen molar-refractivity contribution in [3.8, 4) is 5.75 Å². The van der Waals surface area contributed by atoms with Crippen LogP contribution >= 0.6 is 0 Å². The first-order chi connectivity index (χ1) is 10.9. The number of carbonyl (C=O) groups excluding carboxylic acids is 1. The zero-order valence-electron chi connectivity index (χ0n) is 13.5. The van der Waals surface area contributed by atoms with E-state index in [0.29, 0.717) is 5.75 Å². The van der Waals surface area contributed by atoms with Gasteiger partial charge in [-0.15, -0.1) is 0 Å². The Balaban J connectivity index is 1.96. The van der Waals surface area contributed by atoms with Crippen molar-refractivity contribution in [2.75, 3.05) is 7.11 Å². The van der Waals surface area contributed by atoms with Crippen LogP contribution in [0.15, 0.2) is 29.2 Å². The molecular weight excluding hydrogens is 316 g/mol. The Morgan fingerprint density at radius 2 is 1.78 bits per heavy atom. The molecule has 1 fully saturated rings. The Morgan fingerprint density at radius 1 is 1.17 bits per heavy atom. The van der Waals surface area contributed by atoms with Crippen molar-refractivity contribution in [1.82, 2.24) is 10.0 Å². The maximum Gasteiger partial charge on any atom is 0.241 e. The SMILES string of the molecule is COc1ccc(S(=O)(=O)NC(C)C(=O)NC2CCCCC2)cc1. The highest BCUT2D eigenvalue weighted by Gasteiger charge is 2.24. The highest BCUT2D eigenvalue weighted by Crippen LogP contribution is 2.18. The molecule has 1 aliphatic rings. The lowest BCUT2D eigenvalue weighted by Crippen LogP contribution is -2.48. The Morgan fingerprint density at radius 3 is 2.35 bits per heavy atom. The number of nitrogens with one attached hydrogen (secondary N) is 2. The molecule has 1 atom stereocenters. The summed E-state index contributed by atoms with van der Waals surface area (Å²) in [6.07, 6.45) is 5.34. The maximum absolute atomic E-state index is 12.3. The quantitative estimate of drug-likeness (QED) is 0.827. The highest BCUT2D eigenvalue weighted by atomic mass is 32.2. The largest absolute Gasteiger partial charge is 0.497 e. The monoisotopic (exact) mass is 340 g/mol. The van der Waals surface area contributed by atoms with Crippen molar-refractivity contribution < 1.29 is 17.9 Å². The molecular formula is C16H24N2O4S. The van der Waals surface area contributed by atoms with Gasteiger partial charge in [-0.1, -0.05) is 19.3 Å². The fourth-order valence-electron chi connectivity index (χ4n) is 2.68. The summed E-state index contributed by atoms with van der Waals surface area (Å²) < 4.78 is 32.0. The molecule has 0 saturated heterocycles. The first-order valence-electron chi connectivity index (χ1n) is 7.89. The van der Waals surface area contributed by atoms with Gasteiger partial charge in [0.15, 0.2) is 0 Å². The summed E-state index contributed by atoms with van der Waals surface area (Å²) in [4.78, 5) is 12.3. The molecule has 1 aliphatic carbocycles. The van der Waals surface area contributed by atoms with E-state index in [0.717, 1.165) is 25.7 Å². The predicted molar refractivity (Wildman–Crippen MR) is 87.8 cm³/mol. The van der Waals surface area contributed by atoms with E-state index in [4.69, 9.17) is 4.74 Å². The molecule has 0 aromatic heterocycles. The van der Waals surface area contributed by atoms with Crippen molar-refractivity contribution >= 4 is 15.9 Å². The third-order valence-corrected chi connectivity index (χ3v) is 5.60. The molecule has 1 aromatic carbocycles. The number of ether oxygens (including phenoxy) is 1. The van der Waals surface area contributed by atoms with Crippen LogP contribution in [0.1, 0.15) is 39.0 Å². The molecule has 0 bridgehead atoms. The van der Waals surface area contributed by atoms with E-state index >= 15 is 0 Å². The standard InChI is InChI=1S/C16H24N2O4S/c1-12(16(19)17-13-6-4-3-5-7-13)18-23(20,21)15-10-8-14(22-2)9-11-15/h8-13,18H,3-7H2,1-2H3,(H,17,19). The summed E-state index contributed by atoms with van der Waals surface area (Å²) >= 11 is 0. The lowest BCUT2D eigenvalue weighted by molar-refractivity contribution is -0.123. The molecule has 0 aliphatic heterocycles. The van der Waals surface area contributed by atoms with Gasteiger partial charge in [-0.3, -0.25) is 4.79 Å². The van der Waals surface area contributed by atoms with Crippen LogP contribution in [0, 0.1) is 0 Å². The van der Waals surface area contributed by atoms with Crippen molar-refractivity contribution in [2.45, 2.75) is 56.0 Å². The number of benzene rings is 1. The second-order valence-electron chi connectivity index (χ2n) is 5.86. The molecule has 128 valence electrons. The molecule has 23 heavy (non-hydrogen) atoms. The molecule has 2 N–H and O–H groups in total. The van der Waals surface area contributed by atoms with E-state index in [9.17, 15) is 13.2 Å². The van der Waals surface area contributed by atoms with Crippen LogP contribution in [0.5, 0.6) is 5.75 Å². The van der Waals surface area contributed by atoms with Gasteiger partial charge in [0.2, 0.25) is 15.9 Å². The Kier molecular flexibility index (Phi) is 6.01. The van der Waals surface area contributed by atoms with Gasteiger partial charge in [0.05, 0.1) is 18.0 Å². The third kappa shape index (κ3) is 4.94. The van der Waals surface area contributed by atoms with Crippen molar-refractivity contribution in [3.63, 3.8) is 0 Å². The number of hydrogen-bond acceptors (Lipinski definition) is 4. The van der Waals surface area contributed by atoms with Crippen molar-refractivity contribution in [3.05, 3.63) is 24.3 Å². The number of hydrogen-bond donors (Lipinski definition) is 2. The second kappa shape index (κ2) is 7.79. The van der Waals surface area contributed by atoms with E-state index in [1.54, 1.807) is 19.1 Å². The van der Waals surface area contributed by atoms with E-state index in [2.05, 4.69) is 10.0 Å². The third-order valence-electron chi connectivity index (χ3n) is 4.05. The first-order valence-corrected chi connectivity index (χ1v) is 9.37. The van der Waals surface area contributed by atoms with Gasteiger partial charge in [-0.05, 0) is 44.0 Å². The van der Waals surface area contributed by atoms with Crippen LogP contribution in [0.4, 0.5) is 0 Å². The predicted octanol–water partition coefficient (Wildman–Crippen LogP) is 1.81. The summed E-state index contributed by atoms with van der Waals surface area (Å²) in [5, 5.41) is 2.93. The molecule has 2 rings (SSSR count). The van der Waals surface area contributed by atoms with Gasteiger partial charge in [-0.25, -0.2) is 8.42 Å². The van der Waals surface area contributed by atoms with E-state index < -0.39 is 16.1 Å². The normalized spacial score (nSPS) is 17.5. The zero-order chi connectivity index (χ0) is 16.9. The van der Waals surface area contributed by atoms with Crippen molar-refractivity contribution in [1.29, 1.82) is 0 Å². The molecule has 1 amide bonds. The van der Waals surface area contributed by atoms with Crippen LogP contribution in [0.25, 0.3) is 0 Å². The lowest BCUT2D eigenvalue weighted by Gasteiger charge is -2.24. The number of carbonyl (C=O) groups is 1. The topological polar surface area (TPSA) is 84.5 Å². The summed E-state index contributed by atoms with van der Waals surface area (Å²) in [6.45, 7) is 1.55. The Labute approximate surface area is 137 Å². The Bertz CT molecular complexity index is 622. The Hall–Kier alpha value is -1.60. The fraction of sp³-hybridized carbons (Fsp3) is 0.562. The minimum atomic E-state index is -3.74. The molecule has 1 aromatic rings. The molecule has 0 heterocycles. The maximum atomic E-state index is 12.3. The minimum absolute atomic E-state index is 0.107. The van der Waals surface area contributed by atoms with Gasteiger partial charge >= 0.3 is 0 Å². The molecule has 7 heteroatoms. The van der Waals surface area contributed by atoms with Gasteiger partial charge in [0, 0.05) is 6.04 Å². The molecule has 0 radical (unpaired) electrons. The van der Waals surface area contributed by atoms with Crippen LogP contribution < -0.4 is 14.8 Å². The van der Waals surface area contributed by atoms with E-state index in [-0.39, 0.29) is 16.8 Å². The average molecular weight is 340 g/mol. The lowest BCUT2D eigenvalue weighted by atomic mass is 9.95. The van der Waals surface area contributed by atoms with Gasteiger partial charge in [0.1, 0.15) is 5.75 Å². The molecule has 0 spiro atoms. The second-order valence-corrected chi connectivity index (χ2v) is 7.58. The zero-order valence-corrected chi connectivity index (χ0v) is 14.4. The molecule has 1 saturated carbocycles. The van der Waals surface area contributed by atoms with E-state index in [1.807, 2.05) is 0 Å². The fourth-order valence-corrected chi connectivity index (χ4v) is 3.89. The number of amides is 1. The van der Waals surface area contributed by atoms with Gasteiger partial charge < -0.3 is 10.1 Å². The number of sulfonamides is 1. The van der Waals surface area contributed by atoms with Gasteiger partial charge in [0.25, 0.3) is 0 Å². The number of rotatable bonds is 6. The first kappa shape index (κ1) is 17.7. The average Bonchev–Trinajstić information content (AvgIpc) is 2.55. The smallest absolute Gasteiger partial charge is 0.241 e. The van der Waals surface area contributed by atoms with Crippen LogP contribution in [-0.4, -0.2) is 33.5 Å². The van der Waals surface area contributed by atoms with Crippen molar-refractivity contribution in [2.24, 2.45) is 0 Å².